The molecule has 1 aliphatic rings. The number of hydrogen-bond donors (Lipinski definition) is 2. The van der Waals surface area contributed by atoms with Gasteiger partial charge in [-0.15, -0.1) is 0 Å². The fourth-order valence-electron chi connectivity index (χ4n) is 3.21. The fraction of sp³-hybridized carbons (Fsp3) is 0.444. The minimum absolute atomic E-state index is 0.00138. The molecule has 2 heterocycles. The molecule has 3 rings (SSSR count). The molecule has 2 N–H and O–H groups in total. The van der Waals surface area contributed by atoms with Crippen LogP contribution in [0.1, 0.15) is 23.2 Å². The molecule has 1 amide bonds. The molecule has 0 saturated carbocycles. The van der Waals surface area contributed by atoms with Gasteiger partial charge in [0.15, 0.2) is 0 Å². The van der Waals surface area contributed by atoms with E-state index in [9.17, 15) is 4.79 Å². The van der Waals surface area contributed by atoms with Crippen molar-refractivity contribution in [2.45, 2.75) is 12.8 Å². The van der Waals surface area contributed by atoms with Crippen LogP contribution in [-0.2, 0) is 4.74 Å². The van der Waals surface area contributed by atoms with Crippen molar-refractivity contribution >= 4 is 17.5 Å². The van der Waals surface area contributed by atoms with Crippen LogP contribution >= 0.6 is 11.6 Å². The molecule has 6 nitrogen and oxygen atoms in total. The molecule has 134 valence electrons. The van der Waals surface area contributed by atoms with Crippen LogP contribution in [0.3, 0.4) is 0 Å². The van der Waals surface area contributed by atoms with Gasteiger partial charge in [0.1, 0.15) is 0 Å². The van der Waals surface area contributed by atoms with Crippen molar-refractivity contribution in [3.63, 3.8) is 0 Å². The molecule has 0 unspecified atom stereocenters. The number of hydrogen-bond acceptors (Lipinski definition) is 4. The van der Waals surface area contributed by atoms with Crippen LogP contribution in [-0.4, -0.2) is 49.0 Å². The molecule has 1 fully saturated rings. The second-order valence-corrected chi connectivity index (χ2v) is 6.96. The zero-order valence-electron chi connectivity index (χ0n) is 14.3. The molecule has 0 aliphatic carbocycles. The maximum absolute atomic E-state index is 12.5. The van der Waals surface area contributed by atoms with E-state index < -0.39 is 0 Å². The van der Waals surface area contributed by atoms with Crippen LogP contribution in [0.25, 0.3) is 5.69 Å². The van der Waals surface area contributed by atoms with Gasteiger partial charge in [0.2, 0.25) is 0 Å². The third kappa shape index (κ3) is 4.39. The first-order valence-corrected chi connectivity index (χ1v) is 8.78. The number of methoxy groups -OCH3 is 1. The first-order chi connectivity index (χ1) is 12.1. The summed E-state index contributed by atoms with van der Waals surface area (Å²) in [6.45, 7) is 3.15. The number of carbonyl (C=O) groups excluding carboxylic acids is 1. The summed E-state index contributed by atoms with van der Waals surface area (Å²) >= 11 is 6.01. The minimum Gasteiger partial charge on any atom is -0.384 e. The van der Waals surface area contributed by atoms with Gasteiger partial charge in [-0.25, -0.2) is 4.68 Å². The molecule has 25 heavy (non-hydrogen) atoms. The Labute approximate surface area is 152 Å². The van der Waals surface area contributed by atoms with E-state index in [1.807, 2.05) is 12.1 Å². The van der Waals surface area contributed by atoms with E-state index >= 15 is 0 Å². The SMILES string of the molecule is COCC1(CNC(=O)c2cnn(-c3cccc(Cl)c3)c2)CCNCC1. The number of benzene rings is 1. The van der Waals surface area contributed by atoms with Gasteiger partial charge in [0, 0.05) is 30.3 Å². The van der Waals surface area contributed by atoms with Crippen LogP contribution in [0.4, 0.5) is 0 Å². The monoisotopic (exact) mass is 362 g/mol. The number of amides is 1. The zero-order valence-corrected chi connectivity index (χ0v) is 15.1. The number of nitrogens with zero attached hydrogens (tertiary/aromatic N) is 2. The fourth-order valence-corrected chi connectivity index (χ4v) is 3.39. The van der Waals surface area contributed by atoms with E-state index in [0.29, 0.717) is 23.7 Å². The Hall–Kier alpha value is -1.89. The quantitative estimate of drug-likeness (QED) is 0.827. The molecule has 7 heteroatoms. The Balaban J connectivity index is 1.65. The third-order valence-corrected chi connectivity index (χ3v) is 4.89. The smallest absolute Gasteiger partial charge is 0.254 e. The highest BCUT2D eigenvalue weighted by molar-refractivity contribution is 6.30. The number of piperidine rings is 1. The summed E-state index contributed by atoms with van der Waals surface area (Å²) in [6, 6.07) is 7.35. The second-order valence-electron chi connectivity index (χ2n) is 6.52. The Morgan fingerprint density at radius 3 is 2.96 bits per heavy atom. The predicted molar refractivity (Wildman–Crippen MR) is 97.3 cm³/mol. The lowest BCUT2D eigenvalue weighted by molar-refractivity contribution is 0.0512. The Bertz CT molecular complexity index is 720. The summed E-state index contributed by atoms with van der Waals surface area (Å²) in [4.78, 5) is 12.5. The summed E-state index contributed by atoms with van der Waals surface area (Å²) in [5, 5.41) is 11.3. The van der Waals surface area contributed by atoms with Crippen molar-refractivity contribution in [1.82, 2.24) is 20.4 Å². The van der Waals surface area contributed by atoms with Crippen molar-refractivity contribution in [3.8, 4) is 5.69 Å². The number of ether oxygens (including phenoxy) is 1. The summed E-state index contributed by atoms with van der Waals surface area (Å²) < 4.78 is 7.04. The van der Waals surface area contributed by atoms with Gasteiger partial charge in [-0.3, -0.25) is 4.79 Å². The average molecular weight is 363 g/mol. The summed E-state index contributed by atoms with van der Waals surface area (Å²) in [6.07, 6.45) is 5.26. The topological polar surface area (TPSA) is 68.2 Å². The average Bonchev–Trinajstić information content (AvgIpc) is 3.11. The first-order valence-electron chi connectivity index (χ1n) is 8.40. The van der Waals surface area contributed by atoms with Crippen LogP contribution in [0, 0.1) is 5.41 Å². The minimum atomic E-state index is -0.123. The molecule has 0 spiro atoms. The van der Waals surface area contributed by atoms with Crippen molar-refractivity contribution in [1.29, 1.82) is 0 Å². The van der Waals surface area contributed by atoms with Crippen LogP contribution < -0.4 is 10.6 Å². The van der Waals surface area contributed by atoms with Crippen molar-refractivity contribution in [2.75, 3.05) is 33.4 Å². The highest BCUT2D eigenvalue weighted by Gasteiger charge is 2.32. The maximum atomic E-state index is 12.5. The summed E-state index contributed by atoms with van der Waals surface area (Å²) in [5.41, 5.74) is 1.35. The Kier molecular flexibility index (Phi) is 5.73. The molecule has 0 atom stereocenters. The van der Waals surface area contributed by atoms with E-state index in [1.54, 1.807) is 36.3 Å². The van der Waals surface area contributed by atoms with Gasteiger partial charge in [0.25, 0.3) is 5.91 Å². The van der Waals surface area contributed by atoms with E-state index in [2.05, 4.69) is 15.7 Å². The Morgan fingerprint density at radius 2 is 2.24 bits per heavy atom. The molecule has 1 aromatic carbocycles. The number of aromatic nitrogens is 2. The Morgan fingerprint density at radius 1 is 1.44 bits per heavy atom. The van der Waals surface area contributed by atoms with Crippen molar-refractivity contribution in [2.24, 2.45) is 5.41 Å². The molecule has 1 aromatic heterocycles. The number of nitrogens with one attached hydrogen (secondary N) is 2. The van der Waals surface area contributed by atoms with E-state index in [0.717, 1.165) is 31.6 Å². The van der Waals surface area contributed by atoms with Crippen molar-refractivity contribution in [3.05, 3.63) is 47.2 Å². The van der Waals surface area contributed by atoms with Crippen molar-refractivity contribution < 1.29 is 9.53 Å². The van der Waals surface area contributed by atoms with Gasteiger partial charge in [-0.2, -0.15) is 5.10 Å². The van der Waals surface area contributed by atoms with Gasteiger partial charge in [0.05, 0.1) is 24.1 Å². The van der Waals surface area contributed by atoms with Gasteiger partial charge in [-0.1, -0.05) is 17.7 Å². The largest absolute Gasteiger partial charge is 0.384 e. The third-order valence-electron chi connectivity index (χ3n) is 4.66. The molecule has 0 radical (unpaired) electrons. The number of halogens is 1. The maximum Gasteiger partial charge on any atom is 0.254 e. The molecule has 1 aliphatic heterocycles. The van der Waals surface area contributed by atoms with E-state index in [1.165, 1.54) is 0 Å². The summed E-state index contributed by atoms with van der Waals surface area (Å²) in [5.74, 6) is -0.123. The first kappa shape index (κ1) is 17.9. The second kappa shape index (κ2) is 7.99. The highest BCUT2D eigenvalue weighted by atomic mass is 35.5. The number of carbonyl (C=O) groups is 1. The molecular weight excluding hydrogens is 340 g/mol. The zero-order chi connectivity index (χ0) is 17.7. The molecule has 1 saturated heterocycles. The predicted octanol–water partition coefficient (Wildman–Crippen LogP) is 2.27. The van der Waals surface area contributed by atoms with Crippen LogP contribution in [0.5, 0.6) is 0 Å². The molecule has 0 bridgehead atoms. The summed E-state index contributed by atoms with van der Waals surface area (Å²) in [7, 11) is 1.71. The van der Waals surface area contributed by atoms with Gasteiger partial charge in [-0.05, 0) is 44.1 Å². The lowest BCUT2D eigenvalue weighted by Crippen LogP contribution is -2.47. The van der Waals surface area contributed by atoms with Crippen LogP contribution in [0.2, 0.25) is 5.02 Å². The molecular formula is C18H23ClN4O2. The lowest BCUT2D eigenvalue weighted by Gasteiger charge is -2.37. The normalized spacial score (nSPS) is 16.6. The number of rotatable bonds is 6. The van der Waals surface area contributed by atoms with Gasteiger partial charge >= 0.3 is 0 Å². The van der Waals surface area contributed by atoms with Crippen LogP contribution in [0.15, 0.2) is 36.7 Å². The highest BCUT2D eigenvalue weighted by Crippen LogP contribution is 2.28. The van der Waals surface area contributed by atoms with E-state index in [4.69, 9.17) is 16.3 Å². The lowest BCUT2D eigenvalue weighted by atomic mass is 9.79. The molecule has 2 aromatic rings. The van der Waals surface area contributed by atoms with Gasteiger partial charge < -0.3 is 15.4 Å². The van der Waals surface area contributed by atoms with E-state index in [-0.39, 0.29) is 11.3 Å². The standard InChI is InChI=1S/C18H23ClN4O2/c1-25-13-18(5-7-20-8-6-18)12-21-17(24)14-10-22-23(11-14)16-4-2-3-15(19)9-16/h2-4,9-11,20H,5-8,12-13H2,1H3,(H,21,24).